The van der Waals surface area contributed by atoms with E-state index in [1.54, 1.807) is 0 Å². The predicted octanol–water partition coefficient (Wildman–Crippen LogP) is 0.692. The van der Waals surface area contributed by atoms with E-state index >= 15 is 0 Å². The van der Waals surface area contributed by atoms with Crippen molar-refractivity contribution in [2.45, 2.75) is 24.3 Å². The first-order valence-corrected chi connectivity index (χ1v) is 7.83. The first kappa shape index (κ1) is 15.7. The molecule has 1 aromatic carbocycles. The van der Waals surface area contributed by atoms with Gasteiger partial charge in [0.1, 0.15) is 0 Å². The normalized spacial score (nSPS) is 23.9. The van der Waals surface area contributed by atoms with Gasteiger partial charge in [0.15, 0.2) is 5.75 Å². The molecule has 0 bridgehead atoms. The van der Waals surface area contributed by atoms with Crippen LogP contribution in [0.2, 0.25) is 0 Å². The second-order valence-corrected chi connectivity index (χ2v) is 7.04. The molecule has 0 saturated carbocycles. The van der Waals surface area contributed by atoms with E-state index in [4.69, 9.17) is 0 Å². The maximum Gasteiger partial charge on any atom is 0.312 e. The van der Waals surface area contributed by atoms with Crippen LogP contribution in [0.1, 0.15) is 13.3 Å². The molecule has 0 aromatic heterocycles. The summed E-state index contributed by atoms with van der Waals surface area (Å²) in [4.78, 5) is 9.65. The van der Waals surface area contributed by atoms with Crippen LogP contribution in [0.3, 0.4) is 0 Å². The monoisotopic (exact) mass is 316 g/mol. The zero-order chi connectivity index (χ0) is 15.8. The summed E-state index contributed by atoms with van der Waals surface area (Å²) in [5.41, 5.74) is -0.665. The molecule has 1 aliphatic heterocycles. The molecule has 2 atom stereocenters. The fourth-order valence-electron chi connectivity index (χ4n) is 2.20. The molecule has 9 heteroatoms. The van der Waals surface area contributed by atoms with Gasteiger partial charge in [0.2, 0.25) is 10.0 Å². The lowest BCUT2D eigenvalue weighted by Gasteiger charge is -2.33. The predicted molar refractivity (Wildman–Crippen MR) is 73.3 cm³/mol. The Morgan fingerprint density at radius 1 is 1.43 bits per heavy atom. The van der Waals surface area contributed by atoms with Crippen LogP contribution < -0.4 is 0 Å². The van der Waals surface area contributed by atoms with Crippen molar-refractivity contribution in [1.82, 2.24) is 4.31 Å². The average molecular weight is 316 g/mol. The average Bonchev–Trinajstić information content (AvgIpc) is 2.41. The van der Waals surface area contributed by atoms with Crippen molar-refractivity contribution in [2.75, 3.05) is 13.1 Å². The van der Waals surface area contributed by atoms with Crippen LogP contribution in [0.25, 0.3) is 0 Å². The Kier molecular flexibility index (Phi) is 4.17. The minimum absolute atomic E-state index is 0.00519. The topological polar surface area (TPSA) is 121 Å². The van der Waals surface area contributed by atoms with Crippen molar-refractivity contribution in [3.05, 3.63) is 28.3 Å². The highest BCUT2D eigenvalue weighted by molar-refractivity contribution is 7.89. The van der Waals surface area contributed by atoms with Crippen LogP contribution in [0.4, 0.5) is 5.69 Å². The molecule has 0 aliphatic carbocycles. The van der Waals surface area contributed by atoms with Crippen molar-refractivity contribution in [1.29, 1.82) is 0 Å². The van der Waals surface area contributed by atoms with Crippen LogP contribution in [-0.4, -0.2) is 47.1 Å². The third-order valence-electron chi connectivity index (χ3n) is 3.66. The maximum absolute atomic E-state index is 12.4. The van der Waals surface area contributed by atoms with Gasteiger partial charge >= 0.3 is 5.69 Å². The van der Waals surface area contributed by atoms with Crippen molar-refractivity contribution in [2.24, 2.45) is 5.92 Å². The third kappa shape index (κ3) is 2.99. The molecule has 2 N–H and O–H groups in total. The third-order valence-corrected chi connectivity index (χ3v) is 5.52. The highest BCUT2D eigenvalue weighted by Gasteiger charge is 2.33. The van der Waals surface area contributed by atoms with E-state index in [0.29, 0.717) is 6.42 Å². The minimum Gasteiger partial charge on any atom is -0.502 e. The number of aliphatic hydroxyl groups is 1. The number of nitro benzene ring substituents is 1. The highest BCUT2D eigenvalue weighted by Crippen LogP contribution is 2.31. The Balaban J connectivity index is 2.36. The lowest BCUT2D eigenvalue weighted by atomic mass is 9.98. The van der Waals surface area contributed by atoms with E-state index in [2.05, 4.69) is 0 Å². The molecule has 1 aromatic rings. The Morgan fingerprint density at radius 3 is 2.67 bits per heavy atom. The van der Waals surface area contributed by atoms with Crippen LogP contribution in [0, 0.1) is 16.0 Å². The molecule has 2 unspecified atom stereocenters. The summed E-state index contributed by atoms with van der Waals surface area (Å²) in [6.45, 7) is 2.04. The van der Waals surface area contributed by atoms with E-state index in [1.807, 2.05) is 6.92 Å². The number of hydrogen-bond acceptors (Lipinski definition) is 6. The lowest BCUT2D eigenvalue weighted by molar-refractivity contribution is -0.386. The van der Waals surface area contributed by atoms with Gasteiger partial charge in [0.05, 0.1) is 15.9 Å². The number of nitro groups is 1. The number of rotatable bonds is 3. The summed E-state index contributed by atoms with van der Waals surface area (Å²) in [5.74, 6) is -0.586. The minimum atomic E-state index is -3.93. The standard InChI is InChI=1S/C12H16N2O6S/c1-8-4-5-13(7-12(8)16)21(19,20)9-2-3-11(15)10(6-9)14(17)18/h2-3,6,8,12,15-16H,4-5,7H2,1H3. The number of phenols is 1. The summed E-state index contributed by atoms with van der Waals surface area (Å²) < 4.78 is 26.0. The first-order chi connectivity index (χ1) is 9.73. The number of piperidine rings is 1. The largest absolute Gasteiger partial charge is 0.502 e. The Bertz CT molecular complexity index is 660. The molecule has 0 spiro atoms. The Morgan fingerprint density at radius 2 is 2.10 bits per heavy atom. The number of aliphatic hydroxyl groups excluding tert-OH is 1. The zero-order valence-electron chi connectivity index (χ0n) is 11.3. The molecule has 0 radical (unpaired) electrons. The maximum atomic E-state index is 12.4. The Hall–Kier alpha value is -1.71. The molecular weight excluding hydrogens is 300 g/mol. The number of hydrogen-bond donors (Lipinski definition) is 2. The molecule has 1 fully saturated rings. The molecule has 2 rings (SSSR count). The SMILES string of the molecule is CC1CCN(S(=O)(=O)c2ccc(O)c([N+](=O)[O-])c2)CC1O. The van der Waals surface area contributed by atoms with E-state index in [-0.39, 0.29) is 23.9 Å². The fraction of sp³-hybridized carbons (Fsp3) is 0.500. The smallest absolute Gasteiger partial charge is 0.312 e. The van der Waals surface area contributed by atoms with Gasteiger partial charge in [-0.15, -0.1) is 0 Å². The molecule has 21 heavy (non-hydrogen) atoms. The van der Waals surface area contributed by atoms with Gasteiger partial charge < -0.3 is 10.2 Å². The Labute approximate surface area is 121 Å². The summed E-state index contributed by atoms with van der Waals surface area (Å²) in [7, 11) is -3.93. The van der Waals surface area contributed by atoms with Crippen LogP contribution in [0.15, 0.2) is 23.1 Å². The van der Waals surface area contributed by atoms with Gasteiger partial charge in [-0.2, -0.15) is 4.31 Å². The number of nitrogens with zero attached hydrogens (tertiary/aromatic N) is 2. The van der Waals surface area contributed by atoms with Gasteiger partial charge in [0, 0.05) is 19.2 Å². The van der Waals surface area contributed by atoms with Gasteiger partial charge in [-0.25, -0.2) is 8.42 Å². The van der Waals surface area contributed by atoms with Crippen molar-refractivity contribution < 1.29 is 23.6 Å². The highest BCUT2D eigenvalue weighted by atomic mass is 32.2. The fourth-order valence-corrected chi connectivity index (χ4v) is 3.69. The van der Waals surface area contributed by atoms with E-state index < -0.39 is 32.5 Å². The number of phenolic OH excluding ortho intramolecular Hbond substituents is 1. The van der Waals surface area contributed by atoms with Crippen molar-refractivity contribution >= 4 is 15.7 Å². The van der Waals surface area contributed by atoms with Crippen LogP contribution in [0.5, 0.6) is 5.75 Å². The van der Waals surface area contributed by atoms with Gasteiger partial charge in [-0.05, 0) is 24.5 Å². The van der Waals surface area contributed by atoms with E-state index in [1.165, 1.54) is 0 Å². The van der Waals surface area contributed by atoms with E-state index in [9.17, 15) is 28.7 Å². The molecule has 0 amide bonds. The number of sulfonamides is 1. The second-order valence-electron chi connectivity index (χ2n) is 5.10. The van der Waals surface area contributed by atoms with Gasteiger partial charge in [-0.3, -0.25) is 10.1 Å². The van der Waals surface area contributed by atoms with Crippen molar-refractivity contribution in [3.63, 3.8) is 0 Å². The summed E-state index contributed by atoms with van der Waals surface area (Å²) >= 11 is 0. The summed E-state index contributed by atoms with van der Waals surface area (Å²) in [6, 6.07) is 2.92. The molecule has 116 valence electrons. The summed E-state index contributed by atoms with van der Waals surface area (Å²) in [6.07, 6.45) is -0.249. The van der Waals surface area contributed by atoms with Gasteiger partial charge in [-0.1, -0.05) is 6.92 Å². The quantitative estimate of drug-likeness (QED) is 0.625. The van der Waals surface area contributed by atoms with Gasteiger partial charge in [0.25, 0.3) is 0 Å². The lowest BCUT2D eigenvalue weighted by Crippen LogP contribution is -2.45. The molecule has 8 nitrogen and oxygen atoms in total. The number of aromatic hydroxyl groups is 1. The number of β-amino-alcohol motifs (C(OH)–C–C–N with tert-alkyl or cyclic N) is 1. The van der Waals surface area contributed by atoms with E-state index in [0.717, 1.165) is 22.5 Å². The van der Waals surface area contributed by atoms with Crippen LogP contribution in [-0.2, 0) is 10.0 Å². The van der Waals surface area contributed by atoms with Crippen LogP contribution >= 0.6 is 0 Å². The van der Waals surface area contributed by atoms with Crippen molar-refractivity contribution in [3.8, 4) is 5.75 Å². The molecule has 1 saturated heterocycles. The molecule has 1 aliphatic rings. The first-order valence-electron chi connectivity index (χ1n) is 6.39. The second kappa shape index (κ2) is 5.58. The number of benzene rings is 1. The molecular formula is C12H16N2O6S. The molecule has 1 heterocycles. The zero-order valence-corrected chi connectivity index (χ0v) is 12.2. The summed E-state index contributed by atoms with van der Waals surface area (Å²) in [5, 5.41) is 29.9.